The Labute approximate surface area is 114 Å². The van der Waals surface area contributed by atoms with Crippen LogP contribution in [0.15, 0.2) is 23.1 Å². The van der Waals surface area contributed by atoms with E-state index in [-0.39, 0.29) is 17.0 Å². The summed E-state index contributed by atoms with van der Waals surface area (Å²) in [5, 5.41) is 27.1. The summed E-state index contributed by atoms with van der Waals surface area (Å²) in [7, 11) is -4.05. The third-order valence-corrected chi connectivity index (χ3v) is 3.29. The number of carboxylic acid groups (broad SMARTS) is 1. The van der Waals surface area contributed by atoms with Crippen LogP contribution in [-0.4, -0.2) is 30.5 Å². The monoisotopic (exact) mass is 303 g/mol. The summed E-state index contributed by atoms with van der Waals surface area (Å²) < 4.78 is 22.3. The van der Waals surface area contributed by atoms with Gasteiger partial charge in [0.25, 0.3) is 5.69 Å². The first kappa shape index (κ1) is 15.9. The van der Waals surface area contributed by atoms with Crippen LogP contribution in [0.4, 0.5) is 11.4 Å². The minimum absolute atomic E-state index is 0.0242. The fraction of sp³-hybridized carbons (Fsp3) is 0.300. The SMILES string of the molecule is CC(CC(=O)O)Nc1ccc(S(N)(=O)=O)cc1[N+](=O)[O-]. The van der Waals surface area contributed by atoms with Gasteiger partial charge < -0.3 is 10.4 Å². The molecule has 0 fully saturated rings. The van der Waals surface area contributed by atoms with E-state index in [0.717, 1.165) is 12.1 Å². The lowest BCUT2D eigenvalue weighted by Gasteiger charge is -2.13. The van der Waals surface area contributed by atoms with Gasteiger partial charge in [-0.1, -0.05) is 0 Å². The number of carboxylic acids is 1. The fourth-order valence-corrected chi connectivity index (χ4v) is 2.07. The number of anilines is 1. The van der Waals surface area contributed by atoms with Crippen molar-refractivity contribution in [2.24, 2.45) is 5.14 Å². The quantitative estimate of drug-likeness (QED) is 0.511. The van der Waals surface area contributed by atoms with E-state index >= 15 is 0 Å². The molecule has 0 aliphatic carbocycles. The van der Waals surface area contributed by atoms with Gasteiger partial charge in [0.1, 0.15) is 5.69 Å². The van der Waals surface area contributed by atoms with Crippen LogP contribution in [0.2, 0.25) is 0 Å². The van der Waals surface area contributed by atoms with Crippen LogP contribution in [0, 0.1) is 10.1 Å². The highest BCUT2D eigenvalue weighted by molar-refractivity contribution is 7.89. The van der Waals surface area contributed by atoms with Gasteiger partial charge in [0.05, 0.1) is 16.2 Å². The van der Waals surface area contributed by atoms with Crippen LogP contribution in [0.5, 0.6) is 0 Å². The molecule has 0 heterocycles. The van der Waals surface area contributed by atoms with Gasteiger partial charge in [0, 0.05) is 12.1 Å². The Balaban J connectivity index is 3.15. The van der Waals surface area contributed by atoms with Crippen LogP contribution in [-0.2, 0) is 14.8 Å². The highest BCUT2D eigenvalue weighted by Crippen LogP contribution is 2.27. The minimum Gasteiger partial charge on any atom is -0.481 e. The second-order valence-corrected chi connectivity index (χ2v) is 5.69. The summed E-state index contributed by atoms with van der Waals surface area (Å²) in [5.41, 5.74) is -0.468. The molecule has 0 spiro atoms. The van der Waals surface area contributed by atoms with Crippen molar-refractivity contribution in [2.45, 2.75) is 24.3 Å². The largest absolute Gasteiger partial charge is 0.481 e. The standard InChI is InChI=1S/C10H13N3O6S/c1-6(4-10(14)15)12-8-3-2-7(20(11,18)19)5-9(8)13(16)17/h2-3,5-6,12H,4H2,1H3,(H,14,15)(H2,11,18,19). The minimum atomic E-state index is -4.05. The number of benzene rings is 1. The molecule has 0 amide bonds. The van der Waals surface area contributed by atoms with Crippen molar-refractivity contribution >= 4 is 27.4 Å². The van der Waals surface area contributed by atoms with Crippen LogP contribution < -0.4 is 10.5 Å². The molecule has 4 N–H and O–H groups in total. The average Bonchev–Trinajstić information content (AvgIpc) is 2.26. The van der Waals surface area contributed by atoms with Crippen molar-refractivity contribution in [1.82, 2.24) is 0 Å². The molecule has 20 heavy (non-hydrogen) atoms. The summed E-state index contributed by atoms with van der Waals surface area (Å²) in [6, 6.07) is 2.55. The molecule has 10 heteroatoms. The number of nitrogens with zero attached hydrogens (tertiary/aromatic N) is 1. The second kappa shape index (κ2) is 5.84. The predicted molar refractivity (Wildman–Crippen MR) is 69.8 cm³/mol. The van der Waals surface area contributed by atoms with E-state index < -0.39 is 32.6 Å². The van der Waals surface area contributed by atoms with Crippen LogP contribution in [0.25, 0.3) is 0 Å². The van der Waals surface area contributed by atoms with Crippen LogP contribution in [0.1, 0.15) is 13.3 Å². The van der Waals surface area contributed by atoms with E-state index in [1.807, 2.05) is 0 Å². The van der Waals surface area contributed by atoms with Crippen molar-refractivity contribution in [2.75, 3.05) is 5.32 Å². The molecule has 0 saturated heterocycles. The van der Waals surface area contributed by atoms with Gasteiger partial charge in [-0.25, -0.2) is 13.6 Å². The zero-order chi connectivity index (χ0) is 15.5. The lowest BCUT2D eigenvalue weighted by Crippen LogP contribution is -2.20. The Kier molecular flexibility index (Phi) is 4.63. The lowest BCUT2D eigenvalue weighted by atomic mass is 10.2. The van der Waals surface area contributed by atoms with E-state index in [2.05, 4.69) is 5.32 Å². The molecule has 0 aliphatic heterocycles. The maximum Gasteiger partial charge on any atom is 0.305 e. The van der Waals surface area contributed by atoms with Gasteiger partial charge in [-0.05, 0) is 19.1 Å². The Morgan fingerprint density at radius 2 is 2.15 bits per heavy atom. The van der Waals surface area contributed by atoms with Gasteiger partial charge in [-0.2, -0.15) is 0 Å². The number of nitro benzene ring substituents is 1. The molecule has 110 valence electrons. The summed E-state index contributed by atoms with van der Waals surface area (Å²) >= 11 is 0. The van der Waals surface area contributed by atoms with Gasteiger partial charge >= 0.3 is 5.97 Å². The van der Waals surface area contributed by atoms with E-state index in [0.29, 0.717) is 0 Å². The summed E-state index contributed by atoms with van der Waals surface area (Å²) in [6.45, 7) is 1.53. The molecular formula is C10H13N3O6S. The van der Waals surface area contributed by atoms with Crippen molar-refractivity contribution in [3.05, 3.63) is 28.3 Å². The maximum absolute atomic E-state index is 11.1. The molecule has 0 aliphatic rings. The first-order valence-corrected chi connectivity index (χ1v) is 6.95. The Hall–Kier alpha value is -2.20. The van der Waals surface area contributed by atoms with Gasteiger partial charge in [-0.3, -0.25) is 14.9 Å². The zero-order valence-corrected chi connectivity index (χ0v) is 11.3. The fourth-order valence-electron chi connectivity index (χ4n) is 1.54. The first-order chi connectivity index (χ1) is 9.11. The molecule has 1 aromatic rings. The van der Waals surface area contributed by atoms with Crippen LogP contribution >= 0.6 is 0 Å². The molecule has 0 saturated carbocycles. The van der Waals surface area contributed by atoms with Gasteiger partial charge in [0.15, 0.2) is 0 Å². The van der Waals surface area contributed by atoms with Crippen molar-refractivity contribution in [1.29, 1.82) is 0 Å². The van der Waals surface area contributed by atoms with Crippen molar-refractivity contribution in [3.63, 3.8) is 0 Å². The molecule has 1 aromatic carbocycles. The number of hydrogen-bond acceptors (Lipinski definition) is 6. The Morgan fingerprint density at radius 1 is 1.55 bits per heavy atom. The zero-order valence-electron chi connectivity index (χ0n) is 10.4. The molecular weight excluding hydrogens is 290 g/mol. The molecule has 0 aromatic heterocycles. The number of nitrogens with one attached hydrogen (secondary N) is 1. The number of rotatable bonds is 6. The van der Waals surface area contributed by atoms with Crippen molar-refractivity contribution in [3.8, 4) is 0 Å². The normalized spacial score (nSPS) is 12.7. The number of primary sulfonamides is 1. The van der Waals surface area contributed by atoms with E-state index in [9.17, 15) is 23.3 Å². The van der Waals surface area contributed by atoms with Crippen LogP contribution in [0.3, 0.4) is 0 Å². The van der Waals surface area contributed by atoms with Crippen molar-refractivity contribution < 1.29 is 23.2 Å². The number of aliphatic carboxylic acids is 1. The van der Waals surface area contributed by atoms with E-state index in [4.69, 9.17) is 10.2 Å². The molecule has 0 radical (unpaired) electrons. The Morgan fingerprint density at radius 3 is 2.60 bits per heavy atom. The molecule has 0 bridgehead atoms. The van der Waals surface area contributed by atoms with E-state index in [1.54, 1.807) is 0 Å². The number of nitrogens with two attached hydrogens (primary N) is 1. The highest BCUT2D eigenvalue weighted by Gasteiger charge is 2.20. The lowest BCUT2D eigenvalue weighted by molar-refractivity contribution is -0.384. The van der Waals surface area contributed by atoms with Gasteiger partial charge in [0.2, 0.25) is 10.0 Å². The summed E-state index contributed by atoms with van der Waals surface area (Å²) in [6.07, 6.45) is -0.242. The highest BCUT2D eigenvalue weighted by atomic mass is 32.2. The number of nitro groups is 1. The topological polar surface area (TPSA) is 153 Å². The number of sulfonamides is 1. The molecule has 1 atom stereocenters. The number of hydrogen-bond donors (Lipinski definition) is 3. The molecule has 1 unspecified atom stereocenters. The second-order valence-electron chi connectivity index (χ2n) is 4.12. The smallest absolute Gasteiger partial charge is 0.305 e. The van der Waals surface area contributed by atoms with Gasteiger partial charge in [-0.15, -0.1) is 0 Å². The summed E-state index contributed by atoms with van der Waals surface area (Å²) in [4.78, 5) is 20.3. The first-order valence-electron chi connectivity index (χ1n) is 5.41. The average molecular weight is 303 g/mol. The Bertz CT molecular complexity index is 642. The van der Waals surface area contributed by atoms with E-state index in [1.165, 1.54) is 13.0 Å². The summed E-state index contributed by atoms with van der Waals surface area (Å²) in [5.74, 6) is -1.06. The maximum atomic E-state index is 11.1. The third kappa shape index (κ3) is 4.17. The predicted octanol–water partition coefficient (Wildman–Crippen LogP) is 0.517. The molecule has 9 nitrogen and oxygen atoms in total. The third-order valence-electron chi connectivity index (χ3n) is 2.38. The number of carbonyl (C=O) groups is 1. The molecule has 1 rings (SSSR count).